The molecule has 0 unspecified atom stereocenters. The van der Waals surface area contributed by atoms with Gasteiger partial charge in [-0.3, -0.25) is 4.99 Å². The summed E-state index contributed by atoms with van der Waals surface area (Å²) < 4.78 is 24.4. The molecule has 26 heavy (non-hydrogen) atoms. The second-order valence-electron chi connectivity index (χ2n) is 6.44. The van der Waals surface area contributed by atoms with Crippen molar-refractivity contribution in [2.24, 2.45) is 10.9 Å². The minimum atomic E-state index is -0.212. The smallest absolute Gasteiger partial charge is 0.193 e. The highest BCUT2D eigenvalue weighted by atomic mass is 127. The molecule has 148 valence electrons. The van der Waals surface area contributed by atoms with Crippen LogP contribution in [0.5, 0.6) is 0 Å². The van der Waals surface area contributed by atoms with Gasteiger partial charge in [0.25, 0.3) is 0 Å². The van der Waals surface area contributed by atoms with E-state index in [4.69, 9.17) is 9.47 Å². The van der Waals surface area contributed by atoms with Crippen molar-refractivity contribution in [2.45, 2.75) is 25.8 Å². The molecule has 1 aromatic rings. The molecule has 1 fully saturated rings. The van der Waals surface area contributed by atoms with Gasteiger partial charge in [0.05, 0.1) is 0 Å². The van der Waals surface area contributed by atoms with Gasteiger partial charge >= 0.3 is 0 Å². The average molecular weight is 479 g/mol. The van der Waals surface area contributed by atoms with Gasteiger partial charge < -0.3 is 19.7 Å². The number of halogens is 2. The zero-order chi connectivity index (χ0) is 17.9. The Hall–Kier alpha value is -0.930. The number of rotatable bonds is 8. The fourth-order valence-corrected chi connectivity index (χ4v) is 2.91. The van der Waals surface area contributed by atoms with Crippen molar-refractivity contribution in [2.75, 3.05) is 47.1 Å². The number of hydrogen-bond donors (Lipinski definition) is 1. The topological polar surface area (TPSA) is 46.1 Å². The molecule has 0 radical (unpaired) electrons. The second-order valence-corrected chi connectivity index (χ2v) is 6.44. The van der Waals surface area contributed by atoms with Crippen molar-refractivity contribution in [3.8, 4) is 0 Å². The Labute approximate surface area is 173 Å². The van der Waals surface area contributed by atoms with E-state index >= 15 is 0 Å². The van der Waals surface area contributed by atoms with Gasteiger partial charge in [0.2, 0.25) is 0 Å². The maximum absolute atomic E-state index is 13.3. The van der Waals surface area contributed by atoms with E-state index in [-0.39, 0.29) is 29.8 Å². The third-order valence-corrected chi connectivity index (χ3v) is 4.33. The van der Waals surface area contributed by atoms with E-state index < -0.39 is 0 Å². The maximum atomic E-state index is 13.3. The van der Waals surface area contributed by atoms with E-state index in [1.54, 1.807) is 19.2 Å². The Morgan fingerprint density at radius 1 is 1.38 bits per heavy atom. The van der Waals surface area contributed by atoms with Crippen molar-refractivity contribution in [3.05, 3.63) is 35.6 Å². The lowest BCUT2D eigenvalue weighted by Crippen LogP contribution is -2.39. The van der Waals surface area contributed by atoms with E-state index in [0.29, 0.717) is 12.5 Å². The van der Waals surface area contributed by atoms with Crippen molar-refractivity contribution < 1.29 is 13.9 Å². The number of ether oxygens (including phenoxy) is 2. The predicted molar refractivity (Wildman–Crippen MR) is 114 cm³/mol. The summed E-state index contributed by atoms with van der Waals surface area (Å²) in [5.41, 5.74) is 0.922. The average Bonchev–Trinajstić information content (AvgIpc) is 2.62. The molecule has 7 heteroatoms. The lowest BCUT2D eigenvalue weighted by atomic mass is 10.0. The largest absolute Gasteiger partial charge is 0.381 e. The van der Waals surface area contributed by atoms with E-state index in [2.05, 4.69) is 10.3 Å². The number of benzene rings is 1. The van der Waals surface area contributed by atoms with Gasteiger partial charge in [-0.15, -0.1) is 24.0 Å². The summed E-state index contributed by atoms with van der Waals surface area (Å²) >= 11 is 0. The number of hydrogen-bond acceptors (Lipinski definition) is 3. The summed E-state index contributed by atoms with van der Waals surface area (Å²) in [5, 5.41) is 3.32. The van der Waals surface area contributed by atoms with Crippen LogP contribution in [0.15, 0.2) is 29.3 Å². The van der Waals surface area contributed by atoms with E-state index in [1.165, 1.54) is 6.07 Å². The first-order chi connectivity index (χ1) is 12.2. The van der Waals surface area contributed by atoms with Crippen LogP contribution in [0.1, 0.15) is 24.8 Å². The predicted octanol–water partition coefficient (Wildman–Crippen LogP) is 3.28. The molecule has 1 saturated heterocycles. The zero-order valence-corrected chi connectivity index (χ0v) is 18.1. The molecule has 2 rings (SSSR count). The molecule has 1 aliphatic heterocycles. The Bertz CT molecular complexity index is 539. The molecule has 1 aliphatic rings. The van der Waals surface area contributed by atoms with Gasteiger partial charge in [-0.2, -0.15) is 0 Å². The van der Waals surface area contributed by atoms with Crippen molar-refractivity contribution in [1.82, 2.24) is 10.2 Å². The zero-order valence-electron chi connectivity index (χ0n) is 15.7. The molecule has 0 bridgehead atoms. The fourth-order valence-electron chi connectivity index (χ4n) is 2.91. The minimum absolute atomic E-state index is 0. The van der Waals surface area contributed by atoms with Crippen molar-refractivity contribution in [3.63, 3.8) is 0 Å². The van der Waals surface area contributed by atoms with Crippen molar-refractivity contribution >= 4 is 29.9 Å². The van der Waals surface area contributed by atoms with Crippen molar-refractivity contribution in [1.29, 1.82) is 0 Å². The molecule has 0 amide bonds. The number of aliphatic imine (C=N–C) groups is 1. The normalized spacial score (nSPS) is 15.4. The first-order valence-corrected chi connectivity index (χ1v) is 9.00. The molecule has 0 aromatic heterocycles. The minimum Gasteiger partial charge on any atom is -0.381 e. The van der Waals surface area contributed by atoms with Crippen LogP contribution in [0.4, 0.5) is 4.39 Å². The van der Waals surface area contributed by atoms with Crippen LogP contribution < -0.4 is 5.32 Å². The number of guanidine groups is 1. The van der Waals surface area contributed by atoms with E-state index in [9.17, 15) is 4.39 Å². The first-order valence-electron chi connectivity index (χ1n) is 9.00. The van der Waals surface area contributed by atoms with E-state index in [1.807, 2.05) is 18.0 Å². The summed E-state index contributed by atoms with van der Waals surface area (Å²) in [4.78, 5) is 6.26. The molecule has 0 spiro atoms. The van der Waals surface area contributed by atoms with Crippen LogP contribution in [-0.4, -0.2) is 57.9 Å². The lowest BCUT2D eigenvalue weighted by molar-refractivity contribution is 0.0203. The van der Waals surface area contributed by atoms with Gasteiger partial charge in [-0.25, -0.2) is 4.39 Å². The Kier molecular flexibility index (Phi) is 11.8. The third-order valence-electron chi connectivity index (χ3n) is 4.33. The van der Waals surface area contributed by atoms with Gasteiger partial charge in [0, 0.05) is 53.6 Å². The molecular formula is C19H31FIN3O2. The van der Waals surface area contributed by atoms with Crippen LogP contribution in [0, 0.1) is 11.7 Å². The highest BCUT2D eigenvalue weighted by molar-refractivity contribution is 14.0. The fraction of sp³-hybridized carbons (Fsp3) is 0.632. The number of nitrogens with zero attached hydrogens (tertiary/aromatic N) is 2. The highest BCUT2D eigenvalue weighted by Gasteiger charge is 2.13. The van der Waals surface area contributed by atoms with Crippen LogP contribution in [-0.2, 0) is 16.0 Å². The summed E-state index contributed by atoms with van der Waals surface area (Å²) in [5.74, 6) is 1.23. The monoisotopic (exact) mass is 479 g/mol. The molecule has 1 N–H and O–H groups in total. The quantitative estimate of drug-likeness (QED) is 0.269. The van der Waals surface area contributed by atoms with E-state index in [0.717, 1.165) is 63.8 Å². The van der Waals surface area contributed by atoms with Gasteiger partial charge in [-0.1, -0.05) is 12.1 Å². The standard InChI is InChI=1S/C19H30FN3O2.HI/c1-21-19(23(2)14-17-5-3-6-18(20)13-17)22-9-4-10-25-15-16-7-11-24-12-8-16;/h3,5-6,13,16H,4,7-12,14-15H2,1-2H3,(H,21,22);1H. The summed E-state index contributed by atoms with van der Waals surface area (Å²) in [6, 6.07) is 6.65. The van der Waals surface area contributed by atoms with Crippen LogP contribution in [0.3, 0.4) is 0 Å². The second kappa shape index (κ2) is 13.3. The Balaban J connectivity index is 0.00000338. The van der Waals surface area contributed by atoms with Gasteiger partial charge in [0.15, 0.2) is 5.96 Å². The number of nitrogens with one attached hydrogen (secondary N) is 1. The SMILES string of the molecule is CN=C(NCCCOCC1CCOCC1)N(C)Cc1cccc(F)c1.I. The lowest BCUT2D eigenvalue weighted by Gasteiger charge is -2.23. The Morgan fingerprint density at radius 3 is 2.85 bits per heavy atom. The summed E-state index contributed by atoms with van der Waals surface area (Å²) in [6.45, 7) is 4.71. The molecule has 0 atom stereocenters. The molecule has 1 heterocycles. The van der Waals surface area contributed by atoms with Crippen LogP contribution in [0.2, 0.25) is 0 Å². The summed E-state index contributed by atoms with van der Waals surface area (Å²) in [6.07, 6.45) is 3.14. The molecular weight excluding hydrogens is 448 g/mol. The van der Waals surface area contributed by atoms with Crippen LogP contribution >= 0.6 is 24.0 Å². The Morgan fingerprint density at radius 2 is 2.15 bits per heavy atom. The van der Waals surface area contributed by atoms with Gasteiger partial charge in [-0.05, 0) is 42.9 Å². The molecule has 0 saturated carbocycles. The van der Waals surface area contributed by atoms with Gasteiger partial charge in [0.1, 0.15) is 5.82 Å². The highest BCUT2D eigenvalue weighted by Crippen LogP contribution is 2.14. The molecule has 5 nitrogen and oxygen atoms in total. The molecule has 0 aliphatic carbocycles. The summed E-state index contributed by atoms with van der Waals surface area (Å²) in [7, 11) is 3.70. The third kappa shape index (κ3) is 8.64. The molecule has 1 aromatic carbocycles. The van der Waals surface area contributed by atoms with Crippen LogP contribution in [0.25, 0.3) is 0 Å². The first kappa shape index (κ1) is 23.1. The maximum Gasteiger partial charge on any atom is 0.193 e.